The highest BCUT2D eigenvalue weighted by Gasteiger charge is 2.26. The number of carbonyl (C=O) groups excluding carboxylic acids is 1. The molecule has 1 rings (SSSR count). The van der Waals surface area contributed by atoms with E-state index in [0.717, 1.165) is 5.61 Å². The van der Waals surface area contributed by atoms with Gasteiger partial charge in [0.05, 0.1) is 6.61 Å². The van der Waals surface area contributed by atoms with Crippen molar-refractivity contribution in [3.05, 3.63) is 0 Å². The first-order valence-corrected chi connectivity index (χ1v) is 3.60. The van der Waals surface area contributed by atoms with E-state index in [4.69, 9.17) is 9.57 Å². The van der Waals surface area contributed by atoms with Gasteiger partial charge in [0.2, 0.25) is 6.10 Å². The fraction of sp³-hybridized carbons (Fsp3) is 0.667. The standard InChI is InChI=1S/C6H10BNO3/c1-2-10-6(9)4-3-5(7)8-11-4/h4H,2-3,7H2,1H3. The van der Waals surface area contributed by atoms with Crippen LogP contribution >= 0.6 is 0 Å². The molecule has 0 amide bonds. The van der Waals surface area contributed by atoms with E-state index in [2.05, 4.69) is 5.16 Å². The smallest absolute Gasteiger partial charge is 0.350 e. The Morgan fingerprint density at radius 2 is 2.73 bits per heavy atom. The first-order chi connectivity index (χ1) is 5.24. The average molecular weight is 155 g/mol. The Labute approximate surface area is 65.9 Å². The van der Waals surface area contributed by atoms with E-state index < -0.39 is 6.10 Å². The van der Waals surface area contributed by atoms with E-state index in [1.807, 2.05) is 7.85 Å². The van der Waals surface area contributed by atoms with Crippen LogP contribution in [-0.4, -0.2) is 32.1 Å². The molecular weight excluding hydrogens is 145 g/mol. The minimum Gasteiger partial charge on any atom is -0.463 e. The molecule has 0 saturated heterocycles. The lowest BCUT2D eigenvalue weighted by molar-refractivity contribution is -0.154. The second-order valence-electron chi connectivity index (χ2n) is 2.38. The summed E-state index contributed by atoms with van der Waals surface area (Å²) in [5.74, 6) is -0.326. The Bertz CT molecular complexity index is 192. The van der Waals surface area contributed by atoms with Gasteiger partial charge in [-0.2, -0.15) is 0 Å². The van der Waals surface area contributed by atoms with Crippen LogP contribution in [0.5, 0.6) is 0 Å². The van der Waals surface area contributed by atoms with Crippen molar-refractivity contribution in [2.45, 2.75) is 19.4 Å². The molecule has 1 aliphatic heterocycles. The van der Waals surface area contributed by atoms with Crippen LogP contribution in [0.3, 0.4) is 0 Å². The van der Waals surface area contributed by atoms with Crippen molar-refractivity contribution in [3.8, 4) is 0 Å². The first-order valence-electron chi connectivity index (χ1n) is 3.60. The second kappa shape index (κ2) is 3.41. The lowest BCUT2D eigenvalue weighted by atomic mass is 9.96. The number of hydrogen-bond acceptors (Lipinski definition) is 4. The summed E-state index contributed by atoms with van der Waals surface area (Å²) in [7, 11) is 1.82. The van der Waals surface area contributed by atoms with Crippen molar-refractivity contribution in [3.63, 3.8) is 0 Å². The molecule has 0 aromatic rings. The lowest BCUT2D eigenvalue weighted by Gasteiger charge is -2.05. The van der Waals surface area contributed by atoms with Gasteiger partial charge in [-0.3, -0.25) is 0 Å². The third kappa shape index (κ3) is 1.96. The molecule has 60 valence electrons. The Kier molecular flexibility index (Phi) is 2.51. The summed E-state index contributed by atoms with van der Waals surface area (Å²) in [4.78, 5) is 15.8. The van der Waals surface area contributed by atoms with Gasteiger partial charge >= 0.3 is 5.97 Å². The number of oxime groups is 1. The maximum absolute atomic E-state index is 11.0. The van der Waals surface area contributed by atoms with Crippen molar-refractivity contribution >= 4 is 19.4 Å². The molecule has 0 bridgehead atoms. The van der Waals surface area contributed by atoms with Crippen LogP contribution in [-0.2, 0) is 14.4 Å². The predicted molar refractivity (Wildman–Crippen MR) is 42.1 cm³/mol. The minimum absolute atomic E-state index is 0.326. The third-order valence-corrected chi connectivity index (χ3v) is 1.37. The normalized spacial score (nSPS) is 22.3. The van der Waals surface area contributed by atoms with E-state index in [-0.39, 0.29) is 5.97 Å². The Morgan fingerprint density at radius 1 is 2.00 bits per heavy atom. The fourth-order valence-corrected chi connectivity index (χ4v) is 0.858. The zero-order valence-corrected chi connectivity index (χ0v) is 6.66. The number of ether oxygens (including phenoxy) is 1. The number of carbonyl (C=O) groups is 1. The maximum Gasteiger partial charge on any atom is 0.350 e. The van der Waals surface area contributed by atoms with Gasteiger partial charge in [-0.15, -0.1) is 5.16 Å². The largest absolute Gasteiger partial charge is 0.463 e. The quantitative estimate of drug-likeness (QED) is 0.390. The highest BCUT2D eigenvalue weighted by Crippen LogP contribution is 2.09. The molecule has 0 radical (unpaired) electrons. The molecule has 5 heteroatoms. The number of hydrogen-bond donors (Lipinski definition) is 0. The molecular formula is C6H10BNO3. The molecule has 0 aromatic heterocycles. The molecule has 1 heterocycles. The number of esters is 1. The van der Waals surface area contributed by atoms with Crippen LogP contribution in [0, 0.1) is 0 Å². The summed E-state index contributed by atoms with van der Waals surface area (Å²) in [5, 5.41) is 3.64. The summed E-state index contributed by atoms with van der Waals surface area (Å²) in [6.45, 7) is 2.15. The van der Waals surface area contributed by atoms with Crippen molar-refractivity contribution in [2.75, 3.05) is 6.61 Å². The van der Waals surface area contributed by atoms with Crippen LogP contribution in [0.1, 0.15) is 13.3 Å². The van der Waals surface area contributed by atoms with Gasteiger partial charge in [0.15, 0.2) is 7.85 Å². The van der Waals surface area contributed by atoms with Gasteiger partial charge in [0.1, 0.15) is 0 Å². The summed E-state index contributed by atoms with van der Waals surface area (Å²) < 4.78 is 4.74. The highest BCUT2D eigenvalue weighted by atomic mass is 16.7. The predicted octanol–water partition coefficient (Wildman–Crippen LogP) is -0.715. The van der Waals surface area contributed by atoms with E-state index >= 15 is 0 Å². The zero-order valence-electron chi connectivity index (χ0n) is 6.66. The second-order valence-corrected chi connectivity index (χ2v) is 2.38. The third-order valence-electron chi connectivity index (χ3n) is 1.37. The molecule has 1 unspecified atom stereocenters. The van der Waals surface area contributed by atoms with Gasteiger partial charge in [0, 0.05) is 12.0 Å². The number of nitrogens with zero attached hydrogens (tertiary/aromatic N) is 1. The van der Waals surface area contributed by atoms with Gasteiger partial charge in [-0.05, 0) is 6.92 Å². The molecule has 0 spiro atoms. The maximum atomic E-state index is 11.0. The molecule has 0 N–H and O–H groups in total. The molecule has 1 aliphatic rings. The Morgan fingerprint density at radius 3 is 3.18 bits per heavy atom. The zero-order chi connectivity index (χ0) is 8.27. The van der Waals surface area contributed by atoms with Gasteiger partial charge in [-0.1, -0.05) is 0 Å². The summed E-state index contributed by atoms with van der Waals surface area (Å²) in [6, 6.07) is 0. The van der Waals surface area contributed by atoms with Crippen LogP contribution in [0.25, 0.3) is 0 Å². The Balaban J connectivity index is 2.34. The number of rotatable bonds is 2. The van der Waals surface area contributed by atoms with E-state index in [9.17, 15) is 4.79 Å². The van der Waals surface area contributed by atoms with E-state index in [1.54, 1.807) is 6.92 Å². The molecule has 4 nitrogen and oxygen atoms in total. The van der Waals surface area contributed by atoms with Crippen molar-refractivity contribution in [1.29, 1.82) is 0 Å². The van der Waals surface area contributed by atoms with Gasteiger partial charge in [-0.25, -0.2) is 4.79 Å². The van der Waals surface area contributed by atoms with Crippen LogP contribution < -0.4 is 0 Å². The molecule has 1 atom stereocenters. The van der Waals surface area contributed by atoms with Crippen molar-refractivity contribution in [1.82, 2.24) is 0 Å². The topological polar surface area (TPSA) is 47.9 Å². The van der Waals surface area contributed by atoms with Crippen LogP contribution in [0.2, 0.25) is 0 Å². The van der Waals surface area contributed by atoms with Crippen LogP contribution in [0.15, 0.2) is 5.16 Å². The SMILES string of the molecule is BC1=NOC(C(=O)OCC)C1. The minimum atomic E-state index is -0.505. The van der Waals surface area contributed by atoms with Crippen LogP contribution in [0.4, 0.5) is 0 Å². The first kappa shape index (κ1) is 8.10. The molecule has 11 heavy (non-hydrogen) atoms. The summed E-state index contributed by atoms with van der Waals surface area (Å²) in [6.07, 6.45) is 0.0497. The molecule has 0 aromatic carbocycles. The highest BCUT2D eigenvalue weighted by molar-refractivity contribution is 6.60. The fourth-order valence-electron chi connectivity index (χ4n) is 0.858. The molecule has 0 fully saturated rings. The summed E-state index contributed by atoms with van der Waals surface area (Å²) >= 11 is 0. The molecule has 0 saturated carbocycles. The Hall–Kier alpha value is -0.995. The average Bonchev–Trinajstić information content (AvgIpc) is 2.36. The van der Waals surface area contributed by atoms with E-state index in [1.165, 1.54) is 0 Å². The van der Waals surface area contributed by atoms with Gasteiger partial charge < -0.3 is 9.57 Å². The van der Waals surface area contributed by atoms with Crippen molar-refractivity contribution in [2.24, 2.45) is 5.16 Å². The molecule has 0 aliphatic carbocycles. The van der Waals surface area contributed by atoms with E-state index in [0.29, 0.717) is 13.0 Å². The van der Waals surface area contributed by atoms with Gasteiger partial charge in [0.25, 0.3) is 0 Å². The summed E-state index contributed by atoms with van der Waals surface area (Å²) in [5.41, 5.74) is 0.836. The van der Waals surface area contributed by atoms with Crippen molar-refractivity contribution < 1.29 is 14.4 Å². The monoisotopic (exact) mass is 155 g/mol. The lowest BCUT2D eigenvalue weighted by Crippen LogP contribution is -2.23.